The fourth-order valence-electron chi connectivity index (χ4n) is 4.47. The minimum absolute atomic E-state index is 0.0786. The van der Waals surface area contributed by atoms with Crippen LogP contribution in [0.3, 0.4) is 0 Å². The summed E-state index contributed by atoms with van der Waals surface area (Å²) < 4.78 is 16.3. The lowest BCUT2D eigenvalue weighted by atomic mass is 9.95. The second-order valence-corrected chi connectivity index (χ2v) is 8.36. The Morgan fingerprint density at radius 3 is 2.58 bits per heavy atom. The van der Waals surface area contributed by atoms with Gasteiger partial charge in [-0.15, -0.1) is 0 Å². The molecule has 166 valence electrons. The first-order chi connectivity index (χ1) is 16.1. The van der Waals surface area contributed by atoms with E-state index < -0.39 is 11.7 Å². The third-order valence-corrected chi connectivity index (χ3v) is 6.21. The number of amides is 2. The number of halogens is 1. The summed E-state index contributed by atoms with van der Waals surface area (Å²) in [6.07, 6.45) is 5.10. The molecule has 1 aliphatic rings. The number of hydrogen-bond acceptors (Lipinski definition) is 2. The molecule has 1 unspecified atom stereocenters. The first kappa shape index (κ1) is 20.9. The number of nitrogens with one attached hydrogen (secondary N) is 1. The molecular weight excluding hydrogens is 417 g/mol. The van der Waals surface area contributed by atoms with E-state index in [0.29, 0.717) is 25.1 Å². The number of carbonyl (C=O) groups is 2. The number of likely N-dealkylation sites (tertiary alicyclic amines) is 1. The lowest BCUT2D eigenvalue weighted by Crippen LogP contribution is -2.43. The van der Waals surface area contributed by atoms with Gasteiger partial charge in [-0.1, -0.05) is 36.4 Å². The summed E-state index contributed by atoms with van der Waals surface area (Å²) >= 11 is 0. The molecule has 5 nitrogen and oxygen atoms in total. The number of piperidine rings is 1. The maximum atomic E-state index is 14.4. The van der Waals surface area contributed by atoms with Gasteiger partial charge in [0.1, 0.15) is 5.82 Å². The van der Waals surface area contributed by atoms with E-state index in [-0.39, 0.29) is 17.5 Å². The highest BCUT2D eigenvalue weighted by Gasteiger charge is 2.30. The van der Waals surface area contributed by atoms with Crippen LogP contribution >= 0.6 is 0 Å². The molecule has 4 aromatic rings. The van der Waals surface area contributed by atoms with Gasteiger partial charge >= 0.3 is 0 Å². The second-order valence-electron chi connectivity index (χ2n) is 8.36. The number of hydrogen-bond donors (Lipinski definition) is 1. The van der Waals surface area contributed by atoms with Crippen LogP contribution in [0.5, 0.6) is 0 Å². The maximum absolute atomic E-state index is 14.4. The van der Waals surface area contributed by atoms with Crippen LogP contribution < -0.4 is 5.32 Å². The van der Waals surface area contributed by atoms with E-state index in [2.05, 4.69) is 5.32 Å². The Labute approximate surface area is 191 Å². The second kappa shape index (κ2) is 8.90. The molecule has 0 aliphatic carbocycles. The van der Waals surface area contributed by atoms with Gasteiger partial charge in [-0.25, -0.2) is 4.39 Å². The Bertz CT molecular complexity index is 1310. The number of carbonyl (C=O) groups excluding carboxylic acids is 2. The SMILES string of the molecule is O=C(Nc1cc(-n2cccc2)ccc1F)C1CCCN(C(=O)c2cccc3ccccc23)C1. The van der Waals surface area contributed by atoms with E-state index in [1.54, 1.807) is 17.0 Å². The van der Waals surface area contributed by atoms with Crippen molar-refractivity contribution >= 4 is 28.3 Å². The van der Waals surface area contributed by atoms with Crippen LogP contribution in [0.1, 0.15) is 23.2 Å². The Kier molecular flexibility index (Phi) is 5.65. The van der Waals surface area contributed by atoms with Crippen molar-refractivity contribution in [2.45, 2.75) is 12.8 Å². The minimum Gasteiger partial charge on any atom is -0.338 e. The number of benzene rings is 3. The monoisotopic (exact) mass is 441 g/mol. The number of nitrogens with zero attached hydrogens (tertiary/aromatic N) is 2. The van der Waals surface area contributed by atoms with E-state index in [1.807, 2.05) is 71.6 Å². The summed E-state index contributed by atoms with van der Waals surface area (Å²) in [7, 11) is 0. The van der Waals surface area contributed by atoms with Crippen molar-refractivity contribution in [3.8, 4) is 5.69 Å². The van der Waals surface area contributed by atoms with Gasteiger partial charge in [-0.2, -0.15) is 0 Å². The van der Waals surface area contributed by atoms with Gasteiger partial charge in [-0.05, 0) is 60.0 Å². The van der Waals surface area contributed by atoms with Crippen LogP contribution in [-0.4, -0.2) is 34.4 Å². The quantitative estimate of drug-likeness (QED) is 0.470. The summed E-state index contributed by atoms with van der Waals surface area (Å²) in [6.45, 7) is 0.913. The summed E-state index contributed by atoms with van der Waals surface area (Å²) in [5.41, 5.74) is 1.54. The summed E-state index contributed by atoms with van der Waals surface area (Å²) in [5, 5.41) is 4.66. The van der Waals surface area contributed by atoms with Crippen molar-refractivity contribution in [3.63, 3.8) is 0 Å². The predicted molar refractivity (Wildman–Crippen MR) is 127 cm³/mol. The minimum atomic E-state index is -0.487. The highest BCUT2D eigenvalue weighted by atomic mass is 19.1. The highest BCUT2D eigenvalue weighted by Crippen LogP contribution is 2.25. The standard InChI is InChI=1S/C27H24FN3O2/c28-24-13-12-21(30-14-3-4-15-30)17-25(24)29-26(32)20-9-6-16-31(18-20)27(33)23-11-5-8-19-7-1-2-10-22(19)23/h1-5,7-8,10-15,17,20H,6,9,16,18H2,(H,29,32). The van der Waals surface area contributed by atoms with Crippen LogP contribution in [0.25, 0.3) is 16.5 Å². The molecule has 2 heterocycles. The zero-order valence-electron chi connectivity index (χ0n) is 18.1. The summed E-state index contributed by atoms with van der Waals surface area (Å²) in [6, 6.07) is 21.9. The van der Waals surface area contributed by atoms with Crippen molar-refractivity contribution in [3.05, 3.63) is 96.6 Å². The normalized spacial score (nSPS) is 16.0. The molecule has 1 N–H and O–H groups in total. The Balaban J connectivity index is 1.32. The molecule has 3 aromatic carbocycles. The molecule has 5 rings (SSSR count). The van der Waals surface area contributed by atoms with Crippen molar-refractivity contribution in [2.75, 3.05) is 18.4 Å². The molecule has 1 aromatic heterocycles. The number of rotatable bonds is 4. The predicted octanol–water partition coefficient (Wildman–Crippen LogP) is 5.26. The Hall–Kier alpha value is -3.93. The van der Waals surface area contributed by atoms with E-state index in [0.717, 1.165) is 22.9 Å². The first-order valence-corrected chi connectivity index (χ1v) is 11.1. The van der Waals surface area contributed by atoms with E-state index in [9.17, 15) is 14.0 Å². The topological polar surface area (TPSA) is 54.3 Å². The van der Waals surface area contributed by atoms with Crippen LogP contribution in [-0.2, 0) is 4.79 Å². The van der Waals surface area contributed by atoms with Crippen LogP contribution in [0.2, 0.25) is 0 Å². The molecule has 1 saturated heterocycles. The first-order valence-electron chi connectivity index (χ1n) is 11.1. The van der Waals surface area contributed by atoms with Crippen LogP contribution in [0.4, 0.5) is 10.1 Å². The fourth-order valence-corrected chi connectivity index (χ4v) is 4.47. The molecule has 2 amide bonds. The molecule has 0 bridgehead atoms. The van der Waals surface area contributed by atoms with Gasteiger partial charge in [0, 0.05) is 36.7 Å². The van der Waals surface area contributed by atoms with Gasteiger partial charge in [0.2, 0.25) is 5.91 Å². The maximum Gasteiger partial charge on any atom is 0.254 e. The summed E-state index contributed by atoms with van der Waals surface area (Å²) in [4.78, 5) is 28.1. The average molecular weight is 442 g/mol. The molecule has 33 heavy (non-hydrogen) atoms. The highest BCUT2D eigenvalue weighted by molar-refractivity contribution is 6.07. The lowest BCUT2D eigenvalue weighted by Gasteiger charge is -2.32. The van der Waals surface area contributed by atoms with Crippen LogP contribution in [0.15, 0.2) is 85.2 Å². The average Bonchev–Trinajstić information content (AvgIpc) is 3.40. The van der Waals surface area contributed by atoms with Crippen molar-refractivity contribution < 1.29 is 14.0 Å². The molecule has 0 spiro atoms. The van der Waals surface area contributed by atoms with Gasteiger partial charge in [-0.3, -0.25) is 9.59 Å². The van der Waals surface area contributed by atoms with Crippen molar-refractivity contribution in [2.24, 2.45) is 5.92 Å². The molecular formula is C27H24FN3O2. The zero-order valence-corrected chi connectivity index (χ0v) is 18.1. The molecule has 1 fully saturated rings. The number of aromatic nitrogens is 1. The van der Waals surface area contributed by atoms with Crippen molar-refractivity contribution in [1.29, 1.82) is 0 Å². The van der Waals surface area contributed by atoms with E-state index in [1.165, 1.54) is 6.07 Å². The summed E-state index contributed by atoms with van der Waals surface area (Å²) in [5.74, 6) is -1.23. The van der Waals surface area contributed by atoms with Gasteiger partial charge in [0.05, 0.1) is 11.6 Å². The van der Waals surface area contributed by atoms with E-state index in [4.69, 9.17) is 0 Å². The fraction of sp³-hybridized carbons (Fsp3) is 0.185. The molecule has 0 saturated carbocycles. The smallest absolute Gasteiger partial charge is 0.254 e. The Morgan fingerprint density at radius 2 is 1.73 bits per heavy atom. The van der Waals surface area contributed by atoms with Crippen LogP contribution in [0, 0.1) is 11.7 Å². The largest absolute Gasteiger partial charge is 0.338 e. The third-order valence-electron chi connectivity index (χ3n) is 6.21. The molecule has 1 aliphatic heterocycles. The number of anilines is 1. The number of fused-ring (bicyclic) bond motifs is 1. The molecule has 1 atom stereocenters. The Morgan fingerprint density at radius 1 is 0.939 bits per heavy atom. The molecule has 6 heteroatoms. The van der Waals surface area contributed by atoms with Crippen molar-refractivity contribution in [1.82, 2.24) is 9.47 Å². The van der Waals surface area contributed by atoms with Gasteiger partial charge < -0.3 is 14.8 Å². The van der Waals surface area contributed by atoms with Gasteiger partial charge in [0.25, 0.3) is 5.91 Å². The lowest BCUT2D eigenvalue weighted by molar-refractivity contribution is -0.121. The molecule has 0 radical (unpaired) electrons. The zero-order chi connectivity index (χ0) is 22.8. The third kappa shape index (κ3) is 4.24. The van der Waals surface area contributed by atoms with Gasteiger partial charge in [0.15, 0.2) is 0 Å². The van der Waals surface area contributed by atoms with E-state index >= 15 is 0 Å².